The average Bonchev–Trinajstić information content (AvgIpc) is 3.28. The fourth-order valence-corrected chi connectivity index (χ4v) is 8.36. The van der Waals surface area contributed by atoms with Gasteiger partial charge in [0, 0.05) is 12.8 Å². The second kappa shape index (κ2) is 49.5. The first-order chi connectivity index (χ1) is 32.1. The van der Waals surface area contributed by atoms with Gasteiger partial charge >= 0.3 is 17.9 Å². The predicted molar refractivity (Wildman–Crippen MR) is 277 cm³/mol. The van der Waals surface area contributed by atoms with Crippen molar-refractivity contribution in [1.29, 1.82) is 0 Å². The lowest BCUT2D eigenvalue weighted by atomic mass is 10.0. The topological polar surface area (TPSA) is 108 Å². The Morgan fingerprint density at radius 1 is 0.439 bits per heavy atom. The molecule has 390 valence electrons. The van der Waals surface area contributed by atoms with Crippen molar-refractivity contribution in [3.8, 4) is 0 Å². The molecule has 0 aliphatic carbocycles. The highest BCUT2D eigenvalue weighted by Gasteiger charge is 2.25. The zero-order chi connectivity index (χ0) is 48.4. The monoisotopic (exact) mass is 937 g/mol. The molecule has 0 aliphatic heterocycles. The van der Waals surface area contributed by atoms with Crippen molar-refractivity contribution < 1.29 is 42.9 Å². The molecule has 0 aromatic rings. The molecule has 2 atom stereocenters. The van der Waals surface area contributed by atoms with Crippen LogP contribution in [0.5, 0.6) is 0 Å². The molecule has 0 spiro atoms. The van der Waals surface area contributed by atoms with Crippen LogP contribution in [0.1, 0.15) is 277 Å². The standard InChI is InChI=1S/C57H109NO8/c1-6-8-10-12-14-16-18-20-21-22-23-24-25-26-27-28-29-30-31-32-33-34-35-36-38-40-42-44-46-48-55(60)66-53(52-65-57(56(61)62)63-50-49-58(3,4)5)51-64-54(59)47-45-43-41-39-37-19-17-15-13-11-9-7-2/h22-23,53,57H,6-21,24-52H2,1-5H3/p+1/b23-22-. The fourth-order valence-electron chi connectivity index (χ4n) is 8.36. The second-order valence-corrected chi connectivity index (χ2v) is 20.6. The highest BCUT2D eigenvalue weighted by atomic mass is 16.7. The first-order valence-electron chi connectivity index (χ1n) is 28.4. The van der Waals surface area contributed by atoms with Crippen LogP contribution >= 0.6 is 0 Å². The molecule has 0 amide bonds. The SMILES string of the molecule is CCCCCCCCCC/C=C\CCCCCCCCCCCCCCCCCCCC(=O)OC(COC(=O)CCCCCCCCCCCCCC)COC(OCC[N+](C)(C)C)C(=O)O. The molecule has 2 unspecified atom stereocenters. The van der Waals surface area contributed by atoms with Gasteiger partial charge in [0.1, 0.15) is 13.2 Å². The van der Waals surface area contributed by atoms with Crippen molar-refractivity contribution in [3.05, 3.63) is 12.2 Å². The molecule has 0 radical (unpaired) electrons. The summed E-state index contributed by atoms with van der Waals surface area (Å²) in [5.41, 5.74) is 0. The van der Waals surface area contributed by atoms with Crippen LogP contribution in [0.15, 0.2) is 12.2 Å². The van der Waals surface area contributed by atoms with E-state index >= 15 is 0 Å². The molecular weight excluding hydrogens is 827 g/mol. The van der Waals surface area contributed by atoms with Crippen LogP contribution in [0.2, 0.25) is 0 Å². The second-order valence-electron chi connectivity index (χ2n) is 20.6. The number of likely N-dealkylation sites (N-methyl/N-ethyl adjacent to an activating group) is 1. The number of aliphatic carboxylic acids is 1. The maximum absolute atomic E-state index is 12.8. The number of hydrogen-bond donors (Lipinski definition) is 1. The number of rotatable bonds is 53. The molecule has 0 heterocycles. The van der Waals surface area contributed by atoms with Gasteiger partial charge in [-0.3, -0.25) is 9.59 Å². The lowest BCUT2D eigenvalue weighted by molar-refractivity contribution is -0.870. The van der Waals surface area contributed by atoms with Crippen molar-refractivity contribution in [3.63, 3.8) is 0 Å². The third kappa shape index (κ3) is 49.9. The Balaban J connectivity index is 4.09. The van der Waals surface area contributed by atoms with E-state index < -0.39 is 18.4 Å². The summed E-state index contributed by atoms with van der Waals surface area (Å²) in [6.07, 6.45) is 53.0. The lowest BCUT2D eigenvalue weighted by Gasteiger charge is -2.25. The average molecular weight is 938 g/mol. The predicted octanol–water partition coefficient (Wildman–Crippen LogP) is 16.2. The molecule has 0 fully saturated rings. The number of hydrogen-bond acceptors (Lipinski definition) is 7. The van der Waals surface area contributed by atoms with Gasteiger partial charge in [-0.1, -0.05) is 238 Å². The van der Waals surface area contributed by atoms with Gasteiger partial charge in [0.2, 0.25) is 0 Å². The van der Waals surface area contributed by atoms with Gasteiger partial charge in [-0.05, 0) is 38.5 Å². The van der Waals surface area contributed by atoms with Crippen LogP contribution in [0.3, 0.4) is 0 Å². The number of unbranched alkanes of at least 4 members (excludes halogenated alkanes) is 36. The molecule has 9 heteroatoms. The Bertz CT molecular complexity index is 1090. The molecule has 0 saturated heterocycles. The van der Waals surface area contributed by atoms with Crippen LogP contribution < -0.4 is 0 Å². The molecule has 0 aliphatic rings. The van der Waals surface area contributed by atoms with Crippen LogP contribution in [0.4, 0.5) is 0 Å². The number of carboxylic acid groups (broad SMARTS) is 1. The van der Waals surface area contributed by atoms with Crippen molar-refractivity contribution in [2.24, 2.45) is 0 Å². The molecule has 66 heavy (non-hydrogen) atoms. The molecule has 9 nitrogen and oxygen atoms in total. The van der Waals surface area contributed by atoms with Crippen LogP contribution in [-0.2, 0) is 33.3 Å². The van der Waals surface area contributed by atoms with Crippen LogP contribution in [-0.4, -0.2) is 87.4 Å². The van der Waals surface area contributed by atoms with Gasteiger partial charge in [0.25, 0.3) is 6.29 Å². The van der Waals surface area contributed by atoms with E-state index in [1.807, 2.05) is 21.1 Å². The summed E-state index contributed by atoms with van der Waals surface area (Å²) in [4.78, 5) is 37.3. The number of esters is 2. The first-order valence-corrected chi connectivity index (χ1v) is 28.4. The number of carbonyl (C=O) groups excluding carboxylic acids is 2. The molecular formula is C57H110NO8+. The molecule has 1 N–H and O–H groups in total. The number of carboxylic acids is 1. The zero-order valence-corrected chi connectivity index (χ0v) is 44.4. The van der Waals surface area contributed by atoms with Gasteiger partial charge in [-0.2, -0.15) is 0 Å². The largest absolute Gasteiger partial charge is 0.477 e. The number of carbonyl (C=O) groups is 3. The van der Waals surface area contributed by atoms with E-state index in [4.69, 9.17) is 18.9 Å². The van der Waals surface area contributed by atoms with Gasteiger partial charge < -0.3 is 28.5 Å². The smallest absolute Gasteiger partial charge is 0.361 e. The minimum absolute atomic E-state index is 0.175. The van der Waals surface area contributed by atoms with E-state index in [-0.39, 0.29) is 38.2 Å². The normalized spacial score (nSPS) is 12.8. The number of ether oxygens (including phenoxy) is 4. The highest BCUT2D eigenvalue weighted by Crippen LogP contribution is 2.17. The lowest BCUT2D eigenvalue weighted by Crippen LogP contribution is -2.40. The quantitative estimate of drug-likeness (QED) is 0.0211. The van der Waals surface area contributed by atoms with Crippen molar-refractivity contribution in [2.75, 3.05) is 47.5 Å². The Morgan fingerprint density at radius 2 is 0.773 bits per heavy atom. The van der Waals surface area contributed by atoms with E-state index in [0.29, 0.717) is 17.4 Å². The third-order valence-corrected chi connectivity index (χ3v) is 12.8. The van der Waals surface area contributed by atoms with Gasteiger partial charge in [-0.15, -0.1) is 0 Å². The Kier molecular flexibility index (Phi) is 48.0. The number of nitrogens with zero attached hydrogens (tertiary/aromatic N) is 1. The van der Waals surface area contributed by atoms with E-state index in [1.165, 1.54) is 212 Å². The van der Waals surface area contributed by atoms with E-state index in [2.05, 4.69) is 26.0 Å². The van der Waals surface area contributed by atoms with E-state index in [1.54, 1.807) is 0 Å². The molecule has 0 bridgehead atoms. The van der Waals surface area contributed by atoms with Crippen molar-refractivity contribution >= 4 is 17.9 Å². The third-order valence-electron chi connectivity index (χ3n) is 12.8. The summed E-state index contributed by atoms with van der Waals surface area (Å²) in [6, 6.07) is 0. The van der Waals surface area contributed by atoms with E-state index in [0.717, 1.165) is 38.5 Å². The maximum Gasteiger partial charge on any atom is 0.361 e. The minimum Gasteiger partial charge on any atom is -0.477 e. The van der Waals surface area contributed by atoms with Crippen molar-refractivity contribution in [2.45, 2.75) is 289 Å². The molecule has 0 aromatic heterocycles. The Hall–Kier alpha value is -1.97. The maximum atomic E-state index is 12.8. The first kappa shape index (κ1) is 64.0. The summed E-state index contributed by atoms with van der Waals surface area (Å²) >= 11 is 0. The summed E-state index contributed by atoms with van der Waals surface area (Å²) in [5, 5.41) is 9.67. The number of allylic oxidation sites excluding steroid dienone is 2. The Labute approximate surface area is 408 Å². The summed E-state index contributed by atoms with van der Waals surface area (Å²) in [5.74, 6) is -1.98. The van der Waals surface area contributed by atoms with Gasteiger partial charge in [0.15, 0.2) is 6.10 Å². The van der Waals surface area contributed by atoms with Gasteiger partial charge in [0.05, 0.1) is 34.4 Å². The fraction of sp³-hybridized carbons (Fsp3) is 0.912. The summed E-state index contributed by atoms with van der Waals surface area (Å²) in [6.45, 7) is 4.91. The highest BCUT2D eigenvalue weighted by molar-refractivity contribution is 5.71. The number of quaternary nitrogens is 1. The van der Waals surface area contributed by atoms with Crippen LogP contribution in [0.25, 0.3) is 0 Å². The molecule has 0 aromatic carbocycles. The van der Waals surface area contributed by atoms with Crippen LogP contribution in [0, 0.1) is 0 Å². The summed E-state index contributed by atoms with van der Waals surface area (Å²) in [7, 11) is 5.97. The molecule has 0 saturated carbocycles. The zero-order valence-electron chi connectivity index (χ0n) is 44.4. The van der Waals surface area contributed by atoms with Crippen molar-refractivity contribution in [1.82, 2.24) is 0 Å². The van der Waals surface area contributed by atoms with E-state index in [9.17, 15) is 19.5 Å². The Morgan fingerprint density at radius 3 is 1.12 bits per heavy atom. The minimum atomic E-state index is -1.50. The van der Waals surface area contributed by atoms with Gasteiger partial charge in [-0.25, -0.2) is 4.79 Å². The molecule has 0 rings (SSSR count). The summed E-state index contributed by atoms with van der Waals surface area (Å²) < 4.78 is 22.8.